The molecule has 2 unspecified atom stereocenters. The van der Waals surface area contributed by atoms with Crippen LogP contribution in [-0.2, 0) is 13.9 Å². The van der Waals surface area contributed by atoms with Crippen LogP contribution in [0.5, 0.6) is 0 Å². The van der Waals surface area contributed by atoms with Crippen LogP contribution in [0.3, 0.4) is 0 Å². The summed E-state index contributed by atoms with van der Waals surface area (Å²) < 4.78 is 20.2. The third kappa shape index (κ3) is 4.28. The van der Waals surface area contributed by atoms with E-state index in [9.17, 15) is 10.4 Å². The van der Waals surface area contributed by atoms with Crippen LogP contribution >= 0.6 is 22.6 Å². The first-order chi connectivity index (χ1) is 17.9. The molecular weight excluding hydrogens is 605 g/mol. The Balaban J connectivity index is 1.47. The van der Waals surface area contributed by atoms with E-state index in [0.29, 0.717) is 38.1 Å². The third-order valence-corrected chi connectivity index (χ3v) is 12.3. The van der Waals surface area contributed by atoms with Gasteiger partial charge in [-0.25, -0.2) is 0 Å². The number of benzene rings is 1. The molecule has 7 atom stereocenters. The smallest absolute Gasteiger partial charge is 0.185 e. The van der Waals surface area contributed by atoms with Crippen molar-refractivity contribution in [3.8, 4) is 6.07 Å². The second-order valence-electron chi connectivity index (χ2n) is 13.9. The highest BCUT2D eigenvalue weighted by Crippen LogP contribution is 2.68. The number of allylic oxidation sites excluding steroid dienone is 1. The van der Waals surface area contributed by atoms with Crippen LogP contribution in [0.2, 0.25) is 19.6 Å². The van der Waals surface area contributed by atoms with E-state index >= 15 is 0 Å². The predicted octanol–water partition coefficient (Wildman–Crippen LogP) is 6.72. The maximum atomic E-state index is 12.3. The summed E-state index contributed by atoms with van der Waals surface area (Å²) in [4.78, 5) is 0. The molecule has 1 aliphatic heterocycles. The first-order valence-corrected chi connectivity index (χ1v) is 19.0. The molecule has 1 spiro atoms. The van der Waals surface area contributed by atoms with Gasteiger partial charge in [-0.1, -0.05) is 24.6 Å². The van der Waals surface area contributed by atoms with Gasteiger partial charge >= 0.3 is 0 Å². The van der Waals surface area contributed by atoms with Gasteiger partial charge in [-0.05, 0) is 122 Å². The van der Waals surface area contributed by atoms with Gasteiger partial charge in [0.2, 0.25) is 0 Å². The lowest BCUT2D eigenvalue weighted by Gasteiger charge is -2.58. The molecule has 1 aromatic carbocycles. The number of rotatable bonds is 3. The van der Waals surface area contributed by atoms with Crippen molar-refractivity contribution >= 4 is 30.9 Å². The summed E-state index contributed by atoms with van der Waals surface area (Å²) in [5, 5.41) is 23.0. The molecule has 0 aromatic heterocycles. The monoisotopic (exact) mass is 647 g/mol. The van der Waals surface area contributed by atoms with Crippen LogP contribution in [0.4, 0.5) is 0 Å². The van der Waals surface area contributed by atoms with Gasteiger partial charge in [0.05, 0.1) is 37.1 Å². The van der Waals surface area contributed by atoms with Crippen LogP contribution in [0.1, 0.15) is 69.8 Å². The van der Waals surface area contributed by atoms with Gasteiger partial charge in [0.15, 0.2) is 8.32 Å². The molecule has 0 radical (unpaired) electrons. The summed E-state index contributed by atoms with van der Waals surface area (Å²) >= 11 is 2.38. The minimum absolute atomic E-state index is 0.189. The van der Waals surface area contributed by atoms with Crippen LogP contribution in [0, 0.1) is 32.2 Å². The summed E-state index contributed by atoms with van der Waals surface area (Å²) in [5.74, 6) is 0.968. The number of hydrogen-bond acceptors (Lipinski definition) is 5. The van der Waals surface area contributed by atoms with Gasteiger partial charge in [-0.15, -0.1) is 0 Å². The molecular formula is C31H42INO4Si. The molecule has 5 nitrogen and oxygen atoms in total. The first-order valence-electron chi connectivity index (χ1n) is 14.5. The minimum Gasteiger partial charge on any atom is -0.399 e. The van der Waals surface area contributed by atoms with Crippen molar-refractivity contribution < 1.29 is 19.0 Å². The minimum atomic E-state index is -1.96. The van der Waals surface area contributed by atoms with E-state index in [0.717, 1.165) is 44.9 Å². The number of ether oxygens (including phenoxy) is 2. The lowest BCUT2D eigenvalue weighted by molar-refractivity contribution is -0.195. The van der Waals surface area contributed by atoms with E-state index in [1.807, 2.05) is 0 Å². The van der Waals surface area contributed by atoms with Crippen molar-refractivity contribution in [2.45, 2.75) is 101 Å². The molecule has 3 saturated carbocycles. The lowest BCUT2D eigenvalue weighted by atomic mass is 9.49. The van der Waals surface area contributed by atoms with E-state index < -0.39 is 19.5 Å². The average molecular weight is 648 g/mol. The van der Waals surface area contributed by atoms with E-state index in [1.165, 1.54) is 20.3 Å². The fourth-order valence-corrected chi connectivity index (χ4v) is 10.9. The highest BCUT2D eigenvalue weighted by Gasteiger charge is 2.66. The number of nitriles is 1. The zero-order chi connectivity index (χ0) is 27.0. The molecule has 4 fully saturated rings. The summed E-state index contributed by atoms with van der Waals surface area (Å²) in [6.45, 7) is 10.8. The van der Waals surface area contributed by atoms with Crippen molar-refractivity contribution in [1.29, 1.82) is 5.26 Å². The Bertz CT molecular complexity index is 1170. The SMILES string of the molecule is C[C@]12CC(c3ccc(I)cc3)C3=C4CCC5(COCCO5)C[C@]4(O)CC[C@H]3[C@@H]1CC[C@@]2(C#N)O[Si](C)(C)C. The van der Waals surface area contributed by atoms with Crippen molar-refractivity contribution in [2.75, 3.05) is 19.8 Å². The standard InChI is InChI=1S/C31H42INO4Si/c1-28-17-24(21-5-7-22(32)8-6-21)27-23(25(28)11-14-31(28,19-33)37-38(2,3)4)9-13-30(34)18-29(12-10-26(27)30)20-35-15-16-36-29/h5-8,23-25,34H,9-18,20H2,1-4H3/t23-,24?,25-,28-,29?,30+,31-/m0/s1. The van der Waals surface area contributed by atoms with E-state index in [2.05, 4.69) is 79.5 Å². The maximum Gasteiger partial charge on any atom is 0.185 e. The molecule has 206 valence electrons. The molecule has 4 aliphatic carbocycles. The molecule has 6 rings (SSSR count). The highest BCUT2D eigenvalue weighted by atomic mass is 127. The summed E-state index contributed by atoms with van der Waals surface area (Å²) in [6, 6.07) is 11.7. The summed E-state index contributed by atoms with van der Waals surface area (Å²) in [5.41, 5.74) is 1.91. The number of halogens is 1. The van der Waals surface area contributed by atoms with Crippen molar-refractivity contribution in [3.63, 3.8) is 0 Å². The number of hydrogen-bond donors (Lipinski definition) is 1. The molecule has 0 amide bonds. The van der Waals surface area contributed by atoms with Gasteiger partial charge in [0, 0.05) is 21.3 Å². The zero-order valence-electron chi connectivity index (χ0n) is 23.3. The van der Waals surface area contributed by atoms with Gasteiger partial charge in [0.1, 0.15) is 5.60 Å². The van der Waals surface area contributed by atoms with Crippen molar-refractivity contribution in [2.24, 2.45) is 17.3 Å². The van der Waals surface area contributed by atoms with Gasteiger partial charge in [0.25, 0.3) is 0 Å². The van der Waals surface area contributed by atoms with Crippen molar-refractivity contribution in [1.82, 2.24) is 0 Å². The Morgan fingerprint density at radius 2 is 1.87 bits per heavy atom. The Morgan fingerprint density at radius 1 is 1.11 bits per heavy atom. The second-order valence-corrected chi connectivity index (χ2v) is 19.6. The van der Waals surface area contributed by atoms with Crippen LogP contribution in [0.25, 0.3) is 0 Å². The fraction of sp³-hybridized carbons (Fsp3) is 0.710. The Labute approximate surface area is 242 Å². The van der Waals surface area contributed by atoms with Crippen LogP contribution in [0.15, 0.2) is 35.4 Å². The van der Waals surface area contributed by atoms with Gasteiger partial charge < -0.3 is 19.0 Å². The van der Waals surface area contributed by atoms with Crippen molar-refractivity contribution in [3.05, 3.63) is 44.5 Å². The maximum absolute atomic E-state index is 12.3. The van der Waals surface area contributed by atoms with E-state index in [-0.39, 0.29) is 16.9 Å². The summed E-state index contributed by atoms with van der Waals surface area (Å²) in [7, 11) is -1.96. The normalized spacial score (nSPS) is 42.8. The first kappa shape index (κ1) is 27.4. The second kappa shape index (κ2) is 9.39. The molecule has 1 aromatic rings. The average Bonchev–Trinajstić information content (AvgIpc) is 3.14. The molecule has 1 heterocycles. The molecule has 5 aliphatic rings. The van der Waals surface area contributed by atoms with Gasteiger partial charge in [-0.3, -0.25) is 0 Å². The quantitative estimate of drug-likeness (QED) is 0.224. The molecule has 1 saturated heterocycles. The van der Waals surface area contributed by atoms with E-state index in [4.69, 9.17) is 13.9 Å². The topological polar surface area (TPSA) is 71.7 Å². The number of aliphatic hydroxyl groups is 1. The molecule has 1 N–H and O–H groups in total. The number of fused-ring (bicyclic) bond motifs is 4. The Kier molecular flexibility index (Phi) is 6.77. The fourth-order valence-electron chi connectivity index (χ4n) is 9.14. The molecule has 7 heteroatoms. The predicted molar refractivity (Wildman–Crippen MR) is 158 cm³/mol. The van der Waals surface area contributed by atoms with Crippen LogP contribution in [-0.4, -0.2) is 50.0 Å². The third-order valence-electron chi connectivity index (χ3n) is 10.6. The lowest BCUT2D eigenvalue weighted by Crippen LogP contribution is -2.58. The molecule has 38 heavy (non-hydrogen) atoms. The molecule has 0 bridgehead atoms. The summed E-state index contributed by atoms with van der Waals surface area (Å²) in [6.07, 6.45) is 6.86. The Hall–Kier alpha value is -0.763. The van der Waals surface area contributed by atoms with Gasteiger partial charge in [-0.2, -0.15) is 5.26 Å². The Morgan fingerprint density at radius 3 is 2.53 bits per heavy atom. The number of nitrogens with zero attached hydrogens (tertiary/aromatic N) is 1. The van der Waals surface area contributed by atoms with Crippen LogP contribution < -0.4 is 0 Å². The largest absolute Gasteiger partial charge is 0.399 e. The zero-order valence-corrected chi connectivity index (χ0v) is 26.5. The van der Waals surface area contributed by atoms with E-state index in [1.54, 1.807) is 0 Å². The highest BCUT2D eigenvalue weighted by molar-refractivity contribution is 14.1.